The van der Waals surface area contributed by atoms with Crippen LogP contribution in [0.1, 0.15) is 45.4 Å². The van der Waals surface area contributed by atoms with Gasteiger partial charge in [0.2, 0.25) is 5.91 Å². The fraction of sp³-hybridized carbons (Fsp3) is 0.917. The van der Waals surface area contributed by atoms with Gasteiger partial charge in [-0.3, -0.25) is 4.79 Å². The minimum absolute atomic E-state index is 0.0457. The standard InChI is InChI=1S/C12H22N2O/c1-12(13,10-5-6-10)11(15)14-8-7-9-3-2-4-9/h9-10H,2-8,13H2,1H3,(H,14,15). The second-order valence-corrected chi connectivity index (χ2v) is 5.40. The van der Waals surface area contributed by atoms with E-state index >= 15 is 0 Å². The molecular weight excluding hydrogens is 188 g/mol. The van der Waals surface area contributed by atoms with Crippen LogP contribution in [0.3, 0.4) is 0 Å². The predicted octanol–water partition coefficient (Wildman–Crippen LogP) is 1.42. The van der Waals surface area contributed by atoms with Crippen LogP contribution in [0.15, 0.2) is 0 Å². The van der Waals surface area contributed by atoms with Crippen LogP contribution in [0.5, 0.6) is 0 Å². The Labute approximate surface area is 91.8 Å². The second-order valence-electron chi connectivity index (χ2n) is 5.40. The number of hydrogen-bond donors (Lipinski definition) is 2. The molecule has 1 unspecified atom stereocenters. The van der Waals surface area contributed by atoms with Crippen LogP contribution < -0.4 is 11.1 Å². The monoisotopic (exact) mass is 210 g/mol. The molecule has 2 rings (SSSR count). The van der Waals surface area contributed by atoms with Crippen molar-refractivity contribution in [1.82, 2.24) is 5.32 Å². The van der Waals surface area contributed by atoms with Gasteiger partial charge in [0.25, 0.3) is 0 Å². The molecule has 0 aromatic heterocycles. The summed E-state index contributed by atoms with van der Waals surface area (Å²) in [6, 6.07) is 0. The first kappa shape index (κ1) is 10.9. The van der Waals surface area contributed by atoms with Crippen molar-refractivity contribution in [3.05, 3.63) is 0 Å². The Bertz CT molecular complexity index is 242. The summed E-state index contributed by atoms with van der Waals surface area (Å²) in [6.07, 6.45) is 7.42. The largest absolute Gasteiger partial charge is 0.354 e. The predicted molar refractivity (Wildman–Crippen MR) is 60.3 cm³/mol. The van der Waals surface area contributed by atoms with E-state index in [1.165, 1.54) is 19.3 Å². The topological polar surface area (TPSA) is 55.1 Å². The number of hydrogen-bond acceptors (Lipinski definition) is 2. The average Bonchev–Trinajstić information content (AvgIpc) is 2.91. The number of rotatable bonds is 5. The highest BCUT2D eigenvalue weighted by Gasteiger charge is 2.43. The quantitative estimate of drug-likeness (QED) is 0.721. The summed E-state index contributed by atoms with van der Waals surface area (Å²) in [5, 5.41) is 2.98. The van der Waals surface area contributed by atoms with Gasteiger partial charge in [-0.05, 0) is 38.0 Å². The highest BCUT2D eigenvalue weighted by atomic mass is 16.2. The Kier molecular flexibility index (Phi) is 3.01. The van der Waals surface area contributed by atoms with Crippen LogP contribution in [0.25, 0.3) is 0 Å². The molecule has 0 aromatic rings. The van der Waals surface area contributed by atoms with Gasteiger partial charge in [-0.1, -0.05) is 19.3 Å². The molecule has 0 aromatic carbocycles. The SMILES string of the molecule is CC(N)(C(=O)NCCC1CCC1)C1CC1. The molecule has 0 saturated heterocycles. The molecule has 2 fully saturated rings. The molecule has 86 valence electrons. The zero-order chi connectivity index (χ0) is 10.9. The van der Waals surface area contributed by atoms with Gasteiger partial charge in [-0.15, -0.1) is 0 Å². The Morgan fingerprint density at radius 3 is 2.53 bits per heavy atom. The van der Waals surface area contributed by atoms with E-state index in [4.69, 9.17) is 5.73 Å². The molecule has 3 nitrogen and oxygen atoms in total. The van der Waals surface area contributed by atoms with E-state index in [0.717, 1.165) is 31.7 Å². The van der Waals surface area contributed by atoms with Crippen molar-refractivity contribution in [1.29, 1.82) is 0 Å². The summed E-state index contributed by atoms with van der Waals surface area (Å²) in [6.45, 7) is 2.67. The van der Waals surface area contributed by atoms with E-state index in [9.17, 15) is 4.79 Å². The fourth-order valence-corrected chi connectivity index (χ4v) is 2.23. The van der Waals surface area contributed by atoms with Crippen molar-refractivity contribution in [3.63, 3.8) is 0 Å². The van der Waals surface area contributed by atoms with Crippen LogP contribution in [0, 0.1) is 11.8 Å². The summed E-state index contributed by atoms with van der Waals surface area (Å²) in [5.41, 5.74) is 5.39. The molecule has 0 aliphatic heterocycles. The van der Waals surface area contributed by atoms with Gasteiger partial charge in [0, 0.05) is 6.54 Å². The Morgan fingerprint density at radius 2 is 2.07 bits per heavy atom. The van der Waals surface area contributed by atoms with E-state index < -0.39 is 5.54 Å². The summed E-state index contributed by atoms with van der Waals surface area (Å²) in [5.74, 6) is 1.32. The van der Waals surface area contributed by atoms with Crippen LogP contribution in [0.2, 0.25) is 0 Å². The molecule has 3 heteroatoms. The van der Waals surface area contributed by atoms with Gasteiger partial charge < -0.3 is 11.1 Å². The molecule has 0 spiro atoms. The number of amides is 1. The molecule has 3 N–H and O–H groups in total. The fourth-order valence-electron chi connectivity index (χ4n) is 2.23. The lowest BCUT2D eigenvalue weighted by Gasteiger charge is -2.27. The van der Waals surface area contributed by atoms with Crippen LogP contribution in [-0.2, 0) is 4.79 Å². The molecule has 1 amide bonds. The molecular formula is C12H22N2O. The molecule has 0 bridgehead atoms. The molecule has 15 heavy (non-hydrogen) atoms. The number of nitrogens with two attached hydrogens (primary N) is 1. The van der Waals surface area contributed by atoms with Crippen molar-refractivity contribution in [2.45, 2.75) is 51.0 Å². The van der Waals surface area contributed by atoms with Crippen LogP contribution in [0.4, 0.5) is 0 Å². The molecule has 0 radical (unpaired) electrons. The number of carbonyl (C=O) groups is 1. The second kappa shape index (κ2) is 4.12. The summed E-state index contributed by atoms with van der Waals surface area (Å²) >= 11 is 0. The van der Waals surface area contributed by atoms with Crippen molar-refractivity contribution >= 4 is 5.91 Å². The van der Waals surface area contributed by atoms with Crippen molar-refractivity contribution in [2.75, 3.05) is 6.54 Å². The maximum Gasteiger partial charge on any atom is 0.240 e. The smallest absolute Gasteiger partial charge is 0.240 e. The minimum atomic E-state index is -0.625. The zero-order valence-electron chi connectivity index (χ0n) is 9.59. The molecule has 2 aliphatic rings. The Hall–Kier alpha value is -0.570. The number of carbonyl (C=O) groups excluding carboxylic acids is 1. The highest BCUT2D eigenvalue weighted by Crippen LogP contribution is 2.38. The van der Waals surface area contributed by atoms with Gasteiger partial charge in [0.05, 0.1) is 5.54 Å². The van der Waals surface area contributed by atoms with Gasteiger partial charge in [0.1, 0.15) is 0 Å². The van der Waals surface area contributed by atoms with Gasteiger partial charge in [0.15, 0.2) is 0 Å². The lowest BCUT2D eigenvalue weighted by molar-refractivity contribution is -0.126. The first-order chi connectivity index (χ1) is 7.10. The van der Waals surface area contributed by atoms with E-state index in [-0.39, 0.29) is 5.91 Å². The third kappa shape index (κ3) is 2.51. The van der Waals surface area contributed by atoms with Crippen LogP contribution >= 0.6 is 0 Å². The van der Waals surface area contributed by atoms with Crippen molar-refractivity contribution < 1.29 is 4.79 Å². The minimum Gasteiger partial charge on any atom is -0.354 e. The lowest BCUT2D eigenvalue weighted by atomic mass is 9.83. The molecule has 2 saturated carbocycles. The average molecular weight is 210 g/mol. The normalized spacial score (nSPS) is 25.5. The van der Waals surface area contributed by atoms with Gasteiger partial charge in [-0.2, -0.15) is 0 Å². The summed E-state index contributed by atoms with van der Waals surface area (Å²) in [4.78, 5) is 11.8. The zero-order valence-corrected chi connectivity index (χ0v) is 9.59. The first-order valence-corrected chi connectivity index (χ1v) is 6.18. The third-order valence-corrected chi connectivity index (χ3v) is 3.98. The first-order valence-electron chi connectivity index (χ1n) is 6.18. The van der Waals surface area contributed by atoms with E-state index in [1.54, 1.807) is 0 Å². The van der Waals surface area contributed by atoms with Gasteiger partial charge in [-0.25, -0.2) is 0 Å². The summed E-state index contributed by atoms with van der Waals surface area (Å²) < 4.78 is 0. The Balaban J connectivity index is 1.66. The Morgan fingerprint density at radius 1 is 1.40 bits per heavy atom. The summed E-state index contributed by atoms with van der Waals surface area (Å²) in [7, 11) is 0. The maximum atomic E-state index is 11.8. The van der Waals surface area contributed by atoms with Gasteiger partial charge >= 0.3 is 0 Å². The van der Waals surface area contributed by atoms with E-state index in [2.05, 4.69) is 5.32 Å². The lowest BCUT2D eigenvalue weighted by Crippen LogP contribution is -2.53. The molecule has 1 atom stereocenters. The molecule has 2 aliphatic carbocycles. The third-order valence-electron chi connectivity index (χ3n) is 3.98. The number of nitrogens with one attached hydrogen (secondary N) is 1. The maximum absolute atomic E-state index is 11.8. The van der Waals surface area contributed by atoms with Crippen molar-refractivity contribution in [3.8, 4) is 0 Å². The van der Waals surface area contributed by atoms with Crippen LogP contribution in [-0.4, -0.2) is 18.0 Å². The molecule has 0 heterocycles. The van der Waals surface area contributed by atoms with E-state index in [0.29, 0.717) is 5.92 Å². The van der Waals surface area contributed by atoms with Crippen molar-refractivity contribution in [2.24, 2.45) is 17.6 Å². The highest BCUT2D eigenvalue weighted by molar-refractivity contribution is 5.86. The van der Waals surface area contributed by atoms with E-state index in [1.807, 2.05) is 6.92 Å².